The standard InChI is InChI=1S/C19H25N3O3/c1-12-2-6-14(7-3-12)21-18(24)17-11-25-19(22-17)16(20)10-13-4-8-15(23)9-5-13/h4-5,8-9,11-12,14,16,23H,2-3,6-7,10,20H2,1H3,(H,21,24). The SMILES string of the molecule is CC1CCC(NC(=O)c2coc(C(N)Cc3ccc(O)cc3)n2)CC1. The molecule has 0 saturated heterocycles. The van der Waals surface area contributed by atoms with Gasteiger partial charge in [-0.05, 0) is 55.7 Å². The van der Waals surface area contributed by atoms with E-state index in [2.05, 4.69) is 17.2 Å². The van der Waals surface area contributed by atoms with Gasteiger partial charge in [-0.15, -0.1) is 0 Å². The number of benzene rings is 1. The highest BCUT2D eigenvalue weighted by molar-refractivity contribution is 5.92. The van der Waals surface area contributed by atoms with Crippen molar-refractivity contribution in [3.05, 3.63) is 47.7 Å². The molecule has 4 N–H and O–H groups in total. The summed E-state index contributed by atoms with van der Waals surface area (Å²) < 4.78 is 5.40. The summed E-state index contributed by atoms with van der Waals surface area (Å²) in [4.78, 5) is 16.6. The monoisotopic (exact) mass is 343 g/mol. The zero-order valence-corrected chi connectivity index (χ0v) is 14.4. The Morgan fingerprint density at radius 3 is 2.68 bits per heavy atom. The molecule has 1 atom stereocenters. The third kappa shape index (κ3) is 4.60. The van der Waals surface area contributed by atoms with Crippen molar-refractivity contribution < 1.29 is 14.3 Å². The fourth-order valence-corrected chi connectivity index (χ4v) is 3.20. The van der Waals surface area contributed by atoms with Gasteiger partial charge in [0.2, 0.25) is 5.89 Å². The maximum absolute atomic E-state index is 12.3. The Balaban J connectivity index is 1.57. The number of aromatic nitrogens is 1. The van der Waals surface area contributed by atoms with Gasteiger partial charge in [0.15, 0.2) is 5.69 Å². The Hall–Kier alpha value is -2.34. The van der Waals surface area contributed by atoms with Gasteiger partial charge in [-0.25, -0.2) is 4.98 Å². The first-order valence-corrected chi connectivity index (χ1v) is 8.81. The highest BCUT2D eigenvalue weighted by atomic mass is 16.3. The molecule has 0 spiro atoms. The second-order valence-electron chi connectivity index (χ2n) is 6.98. The van der Waals surface area contributed by atoms with Crippen LogP contribution in [0.2, 0.25) is 0 Å². The number of carbonyl (C=O) groups is 1. The fourth-order valence-electron chi connectivity index (χ4n) is 3.20. The maximum atomic E-state index is 12.3. The largest absolute Gasteiger partial charge is 0.508 e. The second kappa shape index (κ2) is 7.70. The van der Waals surface area contributed by atoms with Crippen molar-refractivity contribution in [3.63, 3.8) is 0 Å². The molecule has 134 valence electrons. The Labute approximate surface area is 147 Å². The number of amides is 1. The summed E-state index contributed by atoms with van der Waals surface area (Å²) in [6.07, 6.45) is 6.20. The molecule has 6 heteroatoms. The summed E-state index contributed by atoms with van der Waals surface area (Å²) in [5, 5.41) is 12.3. The van der Waals surface area contributed by atoms with E-state index in [9.17, 15) is 9.90 Å². The normalized spacial score (nSPS) is 21.7. The zero-order chi connectivity index (χ0) is 17.8. The molecule has 1 heterocycles. The second-order valence-corrected chi connectivity index (χ2v) is 6.98. The molecule has 3 rings (SSSR count). The lowest BCUT2D eigenvalue weighted by Crippen LogP contribution is -2.37. The lowest BCUT2D eigenvalue weighted by molar-refractivity contribution is 0.0918. The van der Waals surface area contributed by atoms with Crippen LogP contribution in [0.3, 0.4) is 0 Å². The van der Waals surface area contributed by atoms with Crippen molar-refractivity contribution in [2.45, 2.75) is 51.1 Å². The average Bonchev–Trinajstić information content (AvgIpc) is 3.09. The first-order chi connectivity index (χ1) is 12.0. The minimum atomic E-state index is -0.443. The third-order valence-corrected chi connectivity index (χ3v) is 4.81. The number of nitrogens with one attached hydrogen (secondary N) is 1. The topological polar surface area (TPSA) is 101 Å². The number of hydrogen-bond donors (Lipinski definition) is 3. The van der Waals surface area contributed by atoms with Crippen molar-refractivity contribution >= 4 is 5.91 Å². The molecule has 1 amide bonds. The molecular formula is C19H25N3O3. The lowest BCUT2D eigenvalue weighted by Gasteiger charge is -2.26. The molecule has 6 nitrogen and oxygen atoms in total. The van der Waals surface area contributed by atoms with Crippen LogP contribution < -0.4 is 11.1 Å². The summed E-state index contributed by atoms with van der Waals surface area (Å²) in [6, 6.07) is 6.60. The van der Waals surface area contributed by atoms with Crippen molar-refractivity contribution in [1.82, 2.24) is 10.3 Å². The van der Waals surface area contributed by atoms with Crippen molar-refractivity contribution in [2.24, 2.45) is 11.7 Å². The molecule has 25 heavy (non-hydrogen) atoms. The van der Waals surface area contributed by atoms with E-state index in [0.29, 0.717) is 12.3 Å². The van der Waals surface area contributed by atoms with Gasteiger partial charge in [-0.3, -0.25) is 4.79 Å². The van der Waals surface area contributed by atoms with Gasteiger partial charge in [0.1, 0.15) is 12.0 Å². The number of carbonyl (C=O) groups excluding carboxylic acids is 1. The number of nitrogens with zero attached hydrogens (tertiary/aromatic N) is 1. The van der Waals surface area contributed by atoms with Crippen LogP contribution in [-0.4, -0.2) is 22.0 Å². The zero-order valence-electron chi connectivity index (χ0n) is 14.4. The molecule has 1 unspecified atom stereocenters. The van der Waals surface area contributed by atoms with E-state index in [1.165, 1.54) is 6.26 Å². The molecule has 1 aromatic heterocycles. The summed E-state index contributed by atoms with van der Waals surface area (Å²) in [6.45, 7) is 2.25. The molecule has 1 fully saturated rings. The molecule has 1 aliphatic carbocycles. The number of nitrogens with two attached hydrogens (primary N) is 1. The van der Waals surface area contributed by atoms with Crippen LogP contribution in [0.1, 0.15) is 60.6 Å². The van der Waals surface area contributed by atoms with Gasteiger partial charge >= 0.3 is 0 Å². The van der Waals surface area contributed by atoms with Gasteiger partial charge in [-0.1, -0.05) is 19.1 Å². The Kier molecular flexibility index (Phi) is 5.38. The van der Waals surface area contributed by atoms with Gasteiger partial charge in [-0.2, -0.15) is 0 Å². The van der Waals surface area contributed by atoms with E-state index in [0.717, 1.165) is 37.2 Å². The number of aromatic hydroxyl groups is 1. The Morgan fingerprint density at radius 1 is 1.32 bits per heavy atom. The van der Waals surface area contributed by atoms with Gasteiger partial charge in [0.25, 0.3) is 5.91 Å². The quantitative estimate of drug-likeness (QED) is 0.775. The van der Waals surface area contributed by atoms with Gasteiger partial charge in [0.05, 0.1) is 6.04 Å². The minimum absolute atomic E-state index is 0.202. The summed E-state index contributed by atoms with van der Waals surface area (Å²) >= 11 is 0. The van der Waals surface area contributed by atoms with Crippen molar-refractivity contribution in [2.75, 3.05) is 0 Å². The first kappa shape index (κ1) is 17.5. The Morgan fingerprint density at radius 2 is 2.00 bits per heavy atom. The number of phenols is 1. The van der Waals surface area contributed by atoms with E-state index >= 15 is 0 Å². The molecular weight excluding hydrogens is 318 g/mol. The van der Waals surface area contributed by atoms with Crippen molar-refractivity contribution in [3.8, 4) is 5.75 Å². The van der Waals surface area contributed by atoms with Crippen LogP contribution in [0.5, 0.6) is 5.75 Å². The highest BCUT2D eigenvalue weighted by Gasteiger charge is 2.23. The minimum Gasteiger partial charge on any atom is -0.508 e. The first-order valence-electron chi connectivity index (χ1n) is 8.81. The van der Waals surface area contributed by atoms with Crippen LogP contribution in [0.4, 0.5) is 0 Å². The van der Waals surface area contributed by atoms with E-state index in [1.54, 1.807) is 24.3 Å². The molecule has 1 aliphatic rings. The van der Waals surface area contributed by atoms with Crippen LogP contribution in [-0.2, 0) is 6.42 Å². The molecule has 2 aromatic rings. The van der Waals surface area contributed by atoms with Crippen LogP contribution in [0, 0.1) is 5.92 Å². The molecule has 0 bridgehead atoms. The molecule has 1 saturated carbocycles. The molecule has 0 aliphatic heterocycles. The lowest BCUT2D eigenvalue weighted by atomic mass is 9.87. The Bertz CT molecular complexity index is 703. The number of oxazole rings is 1. The van der Waals surface area contributed by atoms with Crippen LogP contribution >= 0.6 is 0 Å². The van der Waals surface area contributed by atoms with Crippen LogP contribution in [0.25, 0.3) is 0 Å². The predicted octanol–water partition coefficient (Wildman–Crippen LogP) is 2.93. The van der Waals surface area contributed by atoms with Crippen LogP contribution in [0.15, 0.2) is 34.9 Å². The number of hydrogen-bond acceptors (Lipinski definition) is 5. The smallest absolute Gasteiger partial charge is 0.273 e. The average molecular weight is 343 g/mol. The van der Waals surface area contributed by atoms with E-state index in [1.807, 2.05) is 0 Å². The third-order valence-electron chi connectivity index (χ3n) is 4.81. The van der Waals surface area contributed by atoms with E-state index in [-0.39, 0.29) is 23.4 Å². The molecule has 0 radical (unpaired) electrons. The predicted molar refractivity (Wildman–Crippen MR) is 94.1 cm³/mol. The number of phenolic OH excluding ortho intramolecular Hbond substituents is 1. The highest BCUT2D eigenvalue weighted by Crippen LogP contribution is 2.24. The summed E-state index contributed by atoms with van der Waals surface area (Å²) in [7, 11) is 0. The van der Waals surface area contributed by atoms with Gasteiger partial charge in [0, 0.05) is 6.04 Å². The van der Waals surface area contributed by atoms with E-state index in [4.69, 9.17) is 10.2 Å². The van der Waals surface area contributed by atoms with E-state index < -0.39 is 6.04 Å². The van der Waals surface area contributed by atoms with Gasteiger partial charge < -0.3 is 20.6 Å². The fraction of sp³-hybridized carbons (Fsp3) is 0.474. The summed E-state index contributed by atoms with van der Waals surface area (Å²) in [5.41, 5.74) is 7.36. The number of rotatable bonds is 5. The van der Waals surface area contributed by atoms with Crippen molar-refractivity contribution in [1.29, 1.82) is 0 Å². The summed E-state index contributed by atoms with van der Waals surface area (Å²) in [5.74, 6) is 1.09. The molecule has 1 aromatic carbocycles. The maximum Gasteiger partial charge on any atom is 0.273 e.